The summed E-state index contributed by atoms with van der Waals surface area (Å²) < 4.78 is 0. The van der Waals surface area contributed by atoms with Crippen LogP contribution in [0.1, 0.15) is 76.1 Å². The second-order valence-corrected chi connectivity index (χ2v) is 17.8. The third kappa shape index (κ3) is 6.95. The minimum atomic E-state index is -1.66. The molecule has 186 valence electrons. The minimum absolute atomic E-state index is 0.0350. The number of amides is 2. The Kier molecular flexibility index (Phi) is 7.69. The summed E-state index contributed by atoms with van der Waals surface area (Å²) in [6.07, 6.45) is 0.909. The predicted molar refractivity (Wildman–Crippen MR) is 147 cm³/mol. The standard InChI is InChI=1S/C29H45N3OSi/c1-28(2,3)22-14-10-20(11-15-22)26(21-12-16-23(17-13-21)29(4,5)6)25-18-24(19-30-25)31-27(33)32-34(7,8)9/h10-17,24-26,30H,18-19H2,1-9H3,(H2,31,32,33)/t24-,25-/m1/s1. The van der Waals surface area contributed by atoms with Crippen LogP contribution < -0.4 is 15.6 Å². The number of urea groups is 1. The predicted octanol–water partition coefficient (Wildman–Crippen LogP) is 6.28. The molecule has 0 spiro atoms. The second kappa shape index (κ2) is 9.86. The smallest absolute Gasteiger partial charge is 0.307 e. The molecule has 4 nitrogen and oxygen atoms in total. The lowest BCUT2D eigenvalue weighted by Crippen LogP contribution is -2.52. The summed E-state index contributed by atoms with van der Waals surface area (Å²) in [7, 11) is -1.66. The largest absolute Gasteiger partial charge is 0.365 e. The highest BCUT2D eigenvalue weighted by atomic mass is 28.3. The van der Waals surface area contributed by atoms with Crippen LogP contribution in [0.4, 0.5) is 4.79 Å². The highest BCUT2D eigenvalue weighted by Crippen LogP contribution is 2.35. The van der Waals surface area contributed by atoms with E-state index in [1.165, 1.54) is 22.3 Å². The van der Waals surface area contributed by atoms with Gasteiger partial charge in [0.15, 0.2) is 0 Å². The molecule has 3 N–H and O–H groups in total. The molecule has 1 aliphatic rings. The molecule has 0 unspecified atom stereocenters. The number of hydrogen-bond donors (Lipinski definition) is 3. The SMILES string of the molecule is CC(C)(C)c1ccc(C(c2ccc(C(C)(C)C)cc2)[C@H]2C[C@@H](NC(=O)N[Si](C)(C)C)CN2)cc1. The van der Waals surface area contributed by atoms with Gasteiger partial charge >= 0.3 is 6.03 Å². The minimum Gasteiger partial charge on any atom is -0.365 e. The molecule has 2 aromatic carbocycles. The van der Waals surface area contributed by atoms with Crippen molar-refractivity contribution in [3.05, 3.63) is 70.8 Å². The molecule has 0 radical (unpaired) electrons. The molecule has 0 aromatic heterocycles. The monoisotopic (exact) mass is 479 g/mol. The Hall–Kier alpha value is -2.11. The molecule has 2 aromatic rings. The van der Waals surface area contributed by atoms with Crippen molar-refractivity contribution in [3.63, 3.8) is 0 Å². The van der Waals surface area contributed by atoms with E-state index in [4.69, 9.17) is 0 Å². The summed E-state index contributed by atoms with van der Waals surface area (Å²) in [5.41, 5.74) is 5.60. The molecule has 2 atom stereocenters. The highest BCUT2D eigenvalue weighted by molar-refractivity contribution is 6.75. The molecule has 5 heteroatoms. The number of carbonyl (C=O) groups excluding carboxylic acids is 1. The van der Waals surface area contributed by atoms with Gasteiger partial charge in [-0.15, -0.1) is 0 Å². The number of nitrogens with one attached hydrogen (secondary N) is 3. The third-order valence-corrected chi connectivity index (χ3v) is 7.64. The Labute approximate surface area is 208 Å². The molecule has 0 aliphatic carbocycles. The van der Waals surface area contributed by atoms with E-state index in [0.29, 0.717) is 0 Å². The van der Waals surface area contributed by atoms with E-state index in [0.717, 1.165) is 13.0 Å². The van der Waals surface area contributed by atoms with E-state index in [2.05, 4.69) is 125 Å². The van der Waals surface area contributed by atoms with Crippen LogP contribution in [0.2, 0.25) is 19.6 Å². The fourth-order valence-electron chi connectivity index (χ4n) is 4.73. The number of carbonyl (C=O) groups is 1. The Balaban J connectivity index is 1.86. The average molecular weight is 480 g/mol. The van der Waals surface area contributed by atoms with E-state index in [1.54, 1.807) is 0 Å². The summed E-state index contributed by atoms with van der Waals surface area (Å²) in [5.74, 6) is 0.231. The van der Waals surface area contributed by atoms with Crippen molar-refractivity contribution in [1.82, 2.24) is 15.6 Å². The van der Waals surface area contributed by atoms with Crippen molar-refractivity contribution in [2.45, 2.75) is 96.4 Å². The third-order valence-electron chi connectivity index (χ3n) is 6.66. The maximum absolute atomic E-state index is 12.5. The van der Waals surface area contributed by atoms with Gasteiger partial charge in [0.05, 0.1) is 0 Å². The van der Waals surface area contributed by atoms with E-state index < -0.39 is 8.24 Å². The van der Waals surface area contributed by atoms with Gasteiger partial charge in [0.2, 0.25) is 0 Å². The van der Waals surface area contributed by atoms with E-state index in [9.17, 15) is 4.79 Å². The fraction of sp³-hybridized carbons (Fsp3) is 0.552. The van der Waals surface area contributed by atoms with Gasteiger partial charge in [0, 0.05) is 24.5 Å². The van der Waals surface area contributed by atoms with E-state index >= 15 is 0 Å². The molecule has 1 saturated heterocycles. The van der Waals surface area contributed by atoms with Gasteiger partial charge in [-0.05, 0) is 39.5 Å². The molecular formula is C29H45N3OSi. The topological polar surface area (TPSA) is 53.2 Å². The summed E-state index contributed by atoms with van der Waals surface area (Å²) in [5, 5.41) is 6.93. The van der Waals surface area contributed by atoms with Gasteiger partial charge in [-0.25, -0.2) is 4.79 Å². The van der Waals surface area contributed by atoms with Gasteiger partial charge < -0.3 is 15.6 Å². The zero-order chi connectivity index (χ0) is 25.3. The van der Waals surface area contributed by atoms with Crippen molar-refractivity contribution < 1.29 is 4.79 Å². The Morgan fingerprint density at radius 3 is 1.68 bits per heavy atom. The molecule has 1 fully saturated rings. The zero-order valence-corrected chi connectivity index (χ0v) is 23.7. The van der Waals surface area contributed by atoms with Crippen LogP contribution in [0.5, 0.6) is 0 Å². The van der Waals surface area contributed by atoms with Gasteiger partial charge in [-0.3, -0.25) is 0 Å². The van der Waals surface area contributed by atoms with Crippen molar-refractivity contribution in [2.75, 3.05) is 6.54 Å². The average Bonchev–Trinajstić information content (AvgIpc) is 3.14. The first-order chi connectivity index (χ1) is 15.6. The summed E-state index contributed by atoms with van der Waals surface area (Å²) in [4.78, 5) is 15.6. The van der Waals surface area contributed by atoms with Crippen LogP contribution in [-0.4, -0.2) is 32.9 Å². The first kappa shape index (κ1) is 26.5. The van der Waals surface area contributed by atoms with Crippen molar-refractivity contribution in [1.29, 1.82) is 0 Å². The number of rotatable bonds is 5. The summed E-state index contributed by atoms with van der Waals surface area (Å²) in [6, 6.07) is 18.6. The first-order valence-electron chi connectivity index (χ1n) is 12.7. The Morgan fingerprint density at radius 2 is 1.29 bits per heavy atom. The lowest BCUT2D eigenvalue weighted by atomic mass is 9.80. The maximum atomic E-state index is 12.5. The Morgan fingerprint density at radius 1 is 0.853 bits per heavy atom. The normalized spacial score (nSPS) is 19.4. The van der Waals surface area contributed by atoms with E-state index in [-0.39, 0.29) is 34.9 Å². The second-order valence-electron chi connectivity index (χ2n) is 13.0. The molecule has 1 heterocycles. The van der Waals surface area contributed by atoms with Gasteiger partial charge in [0.25, 0.3) is 0 Å². The quantitative estimate of drug-likeness (QED) is 0.442. The van der Waals surface area contributed by atoms with E-state index in [1.807, 2.05) is 0 Å². The van der Waals surface area contributed by atoms with Crippen LogP contribution in [0.25, 0.3) is 0 Å². The molecule has 34 heavy (non-hydrogen) atoms. The summed E-state index contributed by atoms with van der Waals surface area (Å²) >= 11 is 0. The van der Waals surface area contributed by atoms with Crippen LogP contribution >= 0.6 is 0 Å². The molecule has 1 aliphatic heterocycles. The molecule has 3 rings (SSSR count). The van der Waals surface area contributed by atoms with Crippen LogP contribution in [-0.2, 0) is 10.8 Å². The molecule has 0 saturated carbocycles. The zero-order valence-electron chi connectivity index (χ0n) is 22.7. The highest BCUT2D eigenvalue weighted by Gasteiger charge is 2.34. The van der Waals surface area contributed by atoms with Gasteiger partial charge in [-0.2, -0.15) is 0 Å². The summed E-state index contributed by atoms with van der Waals surface area (Å²) in [6.45, 7) is 20.7. The lowest BCUT2D eigenvalue weighted by Gasteiger charge is -2.28. The van der Waals surface area contributed by atoms with Crippen molar-refractivity contribution in [3.8, 4) is 0 Å². The fourth-order valence-corrected chi connectivity index (χ4v) is 5.48. The maximum Gasteiger partial charge on any atom is 0.307 e. The lowest BCUT2D eigenvalue weighted by molar-refractivity contribution is 0.242. The van der Waals surface area contributed by atoms with Crippen molar-refractivity contribution >= 4 is 14.3 Å². The number of hydrogen-bond acceptors (Lipinski definition) is 2. The molecular weight excluding hydrogens is 434 g/mol. The molecule has 0 bridgehead atoms. The van der Waals surface area contributed by atoms with Crippen LogP contribution in [0.3, 0.4) is 0 Å². The first-order valence-corrected chi connectivity index (χ1v) is 16.2. The van der Waals surface area contributed by atoms with Crippen LogP contribution in [0.15, 0.2) is 48.5 Å². The Bertz CT molecular complexity index is 905. The molecule has 2 amide bonds. The van der Waals surface area contributed by atoms with Gasteiger partial charge in [-0.1, -0.05) is 110 Å². The number of benzene rings is 2. The van der Waals surface area contributed by atoms with Gasteiger partial charge in [0.1, 0.15) is 8.24 Å². The van der Waals surface area contributed by atoms with Crippen molar-refractivity contribution in [2.24, 2.45) is 0 Å². The van der Waals surface area contributed by atoms with Crippen LogP contribution in [0, 0.1) is 0 Å².